The van der Waals surface area contributed by atoms with E-state index >= 15 is 0 Å². The van der Waals surface area contributed by atoms with Gasteiger partial charge in [-0.1, -0.05) is 24.3 Å². The molecule has 0 unspecified atom stereocenters. The molecule has 26 heavy (non-hydrogen) atoms. The smallest absolute Gasteiger partial charge is 0.264 e. The molecule has 0 saturated carbocycles. The molecule has 4 rings (SSSR count). The summed E-state index contributed by atoms with van der Waals surface area (Å²) in [5, 5.41) is 0. The normalized spacial score (nSPS) is 13.1. The summed E-state index contributed by atoms with van der Waals surface area (Å²) in [5.74, 6) is 0.195. The number of halogens is 1. The van der Waals surface area contributed by atoms with Gasteiger partial charge in [0.15, 0.2) is 0 Å². The number of methoxy groups -OCH3 is 1. The third-order valence-electron chi connectivity index (χ3n) is 4.49. The van der Waals surface area contributed by atoms with Crippen molar-refractivity contribution in [2.45, 2.75) is 11.4 Å². The minimum atomic E-state index is -3.80. The first-order valence-electron chi connectivity index (χ1n) is 8.05. The maximum atomic E-state index is 13.7. The third kappa shape index (κ3) is 2.63. The highest BCUT2D eigenvalue weighted by atomic mass is 32.2. The predicted octanol–water partition coefficient (Wildman–Crippen LogP) is 4.21. The molecule has 0 bridgehead atoms. The Morgan fingerprint density at radius 3 is 2.42 bits per heavy atom. The number of fused-ring (bicyclic) bond motifs is 3. The fourth-order valence-electron chi connectivity index (χ4n) is 3.20. The molecule has 1 aliphatic heterocycles. The number of nitrogens with zero attached hydrogens (tertiary/aromatic N) is 1. The summed E-state index contributed by atoms with van der Waals surface area (Å²) in [6.07, 6.45) is 0. The minimum Gasteiger partial charge on any atom is -0.497 e. The molecule has 3 aromatic carbocycles. The van der Waals surface area contributed by atoms with Crippen molar-refractivity contribution in [1.82, 2.24) is 0 Å². The number of rotatable bonds is 3. The molecule has 1 heterocycles. The van der Waals surface area contributed by atoms with Crippen LogP contribution in [0.3, 0.4) is 0 Å². The van der Waals surface area contributed by atoms with Crippen molar-refractivity contribution < 1.29 is 17.5 Å². The van der Waals surface area contributed by atoms with Crippen molar-refractivity contribution in [3.8, 4) is 16.9 Å². The molecule has 6 heteroatoms. The Hall–Kier alpha value is -2.86. The molecule has 0 spiro atoms. The lowest BCUT2D eigenvalue weighted by molar-refractivity contribution is 0.414. The Kier molecular flexibility index (Phi) is 3.92. The number of ether oxygens (including phenoxy) is 1. The molecule has 0 aliphatic carbocycles. The average molecular weight is 369 g/mol. The van der Waals surface area contributed by atoms with Crippen LogP contribution in [0, 0.1) is 5.82 Å². The summed E-state index contributed by atoms with van der Waals surface area (Å²) in [6.45, 7) is 0.0818. The first-order chi connectivity index (χ1) is 12.5. The second kappa shape index (κ2) is 6.14. The van der Waals surface area contributed by atoms with Crippen molar-refractivity contribution in [2.75, 3.05) is 11.4 Å². The van der Waals surface area contributed by atoms with E-state index in [9.17, 15) is 12.8 Å². The zero-order chi connectivity index (χ0) is 18.3. The Morgan fingerprint density at radius 1 is 0.962 bits per heavy atom. The molecular formula is C20H16FNO3S. The van der Waals surface area contributed by atoms with Gasteiger partial charge < -0.3 is 4.74 Å². The van der Waals surface area contributed by atoms with E-state index in [0.717, 1.165) is 11.1 Å². The SMILES string of the molecule is COc1ccc(S(=O)(=O)N2Cc3cc(F)ccc3-c3ccccc32)cc1. The number of benzene rings is 3. The van der Waals surface area contributed by atoms with Crippen LogP contribution in [0.25, 0.3) is 11.1 Å². The van der Waals surface area contributed by atoms with Crippen LogP contribution in [-0.2, 0) is 16.6 Å². The Bertz CT molecular complexity index is 1080. The monoisotopic (exact) mass is 369 g/mol. The van der Waals surface area contributed by atoms with E-state index in [-0.39, 0.29) is 17.3 Å². The van der Waals surface area contributed by atoms with E-state index < -0.39 is 10.0 Å². The number of para-hydroxylation sites is 1. The van der Waals surface area contributed by atoms with E-state index in [4.69, 9.17) is 4.74 Å². The molecule has 0 atom stereocenters. The summed E-state index contributed by atoms with van der Waals surface area (Å²) in [7, 11) is -2.28. The number of hydrogen-bond donors (Lipinski definition) is 0. The van der Waals surface area contributed by atoms with Crippen LogP contribution in [0.15, 0.2) is 71.6 Å². The largest absolute Gasteiger partial charge is 0.497 e. The highest BCUT2D eigenvalue weighted by Crippen LogP contribution is 2.41. The van der Waals surface area contributed by atoms with Gasteiger partial charge in [0.25, 0.3) is 10.0 Å². The van der Waals surface area contributed by atoms with Gasteiger partial charge in [-0.05, 0) is 53.6 Å². The average Bonchev–Trinajstić information content (AvgIpc) is 2.67. The second-order valence-corrected chi connectivity index (χ2v) is 7.87. The van der Waals surface area contributed by atoms with Crippen LogP contribution < -0.4 is 9.04 Å². The van der Waals surface area contributed by atoms with Gasteiger partial charge in [-0.3, -0.25) is 4.31 Å². The maximum Gasteiger partial charge on any atom is 0.264 e. The number of hydrogen-bond acceptors (Lipinski definition) is 3. The molecule has 0 N–H and O–H groups in total. The first kappa shape index (κ1) is 16.6. The third-order valence-corrected chi connectivity index (χ3v) is 6.27. The van der Waals surface area contributed by atoms with Crippen molar-refractivity contribution in [3.05, 3.63) is 78.1 Å². The fraction of sp³-hybridized carbons (Fsp3) is 0.100. The molecule has 0 saturated heterocycles. The summed E-state index contributed by atoms with van der Waals surface area (Å²) in [4.78, 5) is 0.160. The number of sulfonamides is 1. The molecule has 0 amide bonds. The summed E-state index contributed by atoms with van der Waals surface area (Å²) >= 11 is 0. The quantitative estimate of drug-likeness (QED) is 0.695. The molecule has 0 aromatic heterocycles. The van der Waals surface area contributed by atoms with E-state index in [1.165, 1.54) is 35.7 Å². The van der Waals surface area contributed by atoms with Crippen molar-refractivity contribution in [1.29, 1.82) is 0 Å². The zero-order valence-electron chi connectivity index (χ0n) is 14.0. The fourth-order valence-corrected chi connectivity index (χ4v) is 4.67. The van der Waals surface area contributed by atoms with Crippen LogP contribution in [0.5, 0.6) is 5.75 Å². The standard InChI is InChI=1S/C20H16FNO3S/c1-25-16-7-9-17(10-8-16)26(23,24)22-13-14-12-15(21)6-11-18(14)19-4-2-3-5-20(19)22/h2-12H,13H2,1H3. The van der Waals surface area contributed by atoms with Crippen molar-refractivity contribution in [3.63, 3.8) is 0 Å². The lowest BCUT2D eigenvalue weighted by Gasteiger charge is -2.32. The van der Waals surface area contributed by atoms with Crippen LogP contribution in [0.1, 0.15) is 5.56 Å². The van der Waals surface area contributed by atoms with E-state index in [2.05, 4.69) is 0 Å². The lowest BCUT2D eigenvalue weighted by atomic mass is 9.95. The highest BCUT2D eigenvalue weighted by molar-refractivity contribution is 7.92. The molecule has 4 nitrogen and oxygen atoms in total. The Balaban J connectivity index is 1.86. The van der Waals surface area contributed by atoms with Gasteiger partial charge in [-0.25, -0.2) is 12.8 Å². The lowest BCUT2D eigenvalue weighted by Crippen LogP contribution is -2.33. The zero-order valence-corrected chi connectivity index (χ0v) is 14.8. The minimum absolute atomic E-state index is 0.0818. The van der Waals surface area contributed by atoms with Gasteiger partial charge in [0.1, 0.15) is 11.6 Å². The van der Waals surface area contributed by atoms with Gasteiger partial charge in [-0.15, -0.1) is 0 Å². The molecule has 0 radical (unpaired) electrons. The topological polar surface area (TPSA) is 46.6 Å². The Labute approximate surface area is 151 Å². The molecular weight excluding hydrogens is 353 g/mol. The van der Waals surface area contributed by atoms with Crippen LogP contribution >= 0.6 is 0 Å². The second-order valence-electron chi connectivity index (χ2n) is 6.01. The maximum absolute atomic E-state index is 13.7. The van der Waals surface area contributed by atoms with Crippen LogP contribution in [-0.4, -0.2) is 15.5 Å². The van der Waals surface area contributed by atoms with Gasteiger partial charge in [0, 0.05) is 5.56 Å². The van der Waals surface area contributed by atoms with E-state index in [1.54, 1.807) is 30.3 Å². The van der Waals surface area contributed by atoms with Crippen molar-refractivity contribution in [2.24, 2.45) is 0 Å². The van der Waals surface area contributed by atoms with Crippen molar-refractivity contribution >= 4 is 15.7 Å². The van der Waals surface area contributed by atoms with Gasteiger partial charge in [-0.2, -0.15) is 0 Å². The summed E-state index contributed by atoms with van der Waals surface area (Å²) in [5.41, 5.74) is 2.84. The van der Waals surface area contributed by atoms with Gasteiger partial charge >= 0.3 is 0 Å². The highest BCUT2D eigenvalue weighted by Gasteiger charge is 2.31. The van der Waals surface area contributed by atoms with Gasteiger partial charge in [0.2, 0.25) is 0 Å². The van der Waals surface area contributed by atoms with Gasteiger partial charge in [0.05, 0.1) is 24.2 Å². The molecule has 132 valence electrons. The first-order valence-corrected chi connectivity index (χ1v) is 9.49. The summed E-state index contributed by atoms with van der Waals surface area (Å²) in [6, 6.07) is 18.0. The molecule has 0 fully saturated rings. The Morgan fingerprint density at radius 2 is 1.69 bits per heavy atom. The van der Waals surface area contributed by atoms with E-state index in [0.29, 0.717) is 17.0 Å². The number of anilines is 1. The van der Waals surface area contributed by atoms with Crippen LogP contribution in [0.2, 0.25) is 0 Å². The molecule has 1 aliphatic rings. The summed E-state index contributed by atoms with van der Waals surface area (Å²) < 4.78 is 46.6. The predicted molar refractivity (Wildman–Crippen MR) is 98.2 cm³/mol. The van der Waals surface area contributed by atoms with E-state index in [1.807, 2.05) is 12.1 Å². The van der Waals surface area contributed by atoms with Crippen LogP contribution in [0.4, 0.5) is 10.1 Å². The molecule has 3 aromatic rings.